The largest absolute Gasteiger partial charge is 0.367 e. The molecule has 1 aromatic heterocycles. The van der Waals surface area contributed by atoms with E-state index in [0.29, 0.717) is 12.6 Å². The Bertz CT molecular complexity index is 387. The van der Waals surface area contributed by atoms with Gasteiger partial charge in [0.15, 0.2) is 0 Å². The zero-order chi connectivity index (χ0) is 13.0. The van der Waals surface area contributed by atoms with Crippen LogP contribution in [0.15, 0.2) is 6.07 Å². The van der Waals surface area contributed by atoms with Gasteiger partial charge in [-0.15, -0.1) is 0 Å². The summed E-state index contributed by atoms with van der Waals surface area (Å²) in [7, 11) is 0. The molecule has 1 fully saturated rings. The Balaban J connectivity index is 2.10. The smallest absolute Gasteiger partial charge is 0.134 e. The molecule has 1 aromatic rings. The molecule has 0 amide bonds. The van der Waals surface area contributed by atoms with Crippen molar-refractivity contribution in [1.82, 2.24) is 9.97 Å². The summed E-state index contributed by atoms with van der Waals surface area (Å²) in [6.45, 7) is 6.97. The first kappa shape index (κ1) is 13.1. The summed E-state index contributed by atoms with van der Waals surface area (Å²) < 4.78 is 0. The highest BCUT2D eigenvalue weighted by Gasteiger charge is 2.15. The molecule has 1 unspecified atom stereocenters. The van der Waals surface area contributed by atoms with Crippen LogP contribution in [-0.4, -0.2) is 35.6 Å². The molecule has 5 heteroatoms. The molecule has 18 heavy (non-hydrogen) atoms. The van der Waals surface area contributed by atoms with Crippen LogP contribution in [0, 0.1) is 6.92 Å². The summed E-state index contributed by atoms with van der Waals surface area (Å²) in [4.78, 5) is 11.3. The van der Waals surface area contributed by atoms with E-state index < -0.39 is 0 Å². The molecule has 1 saturated heterocycles. The fraction of sp³-hybridized carbons (Fsp3) is 0.692. The number of hydrogen-bond acceptors (Lipinski definition) is 5. The van der Waals surface area contributed by atoms with Crippen LogP contribution >= 0.6 is 0 Å². The van der Waals surface area contributed by atoms with Crippen LogP contribution < -0.4 is 16.0 Å². The quantitative estimate of drug-likeness (QED) is 0.828. The SMILES string of the molecule is Cc1nc(NC(C)CCN)cc(N2CCCC2)n1. The summed E-state index contributed by atoms with van der Waals surface area (Å²) in [6.07, 6.45) is 3.47. The van der Waals surface area contributed by atoms with Crippen molar-refractivity contribution in [2.24, 2.45) is 5.73 Å². The van der Waals surface area contributed by atoms with Gasteiger partial charge in [-0.2, -0.15) is 0 Å². The molecule has 1 atom stereocenters. The molecule has 0 bridgehead atoms. The van der Waals surface area contributed by atoms with Gasteiger partial charge >= 0.3 is 0 Å². The third-order valence-electron chi connectivity index (χ3n) is 3.25. The first-order valence-corrected chi connectivity index (χ1v) is 6.76. The van der Waals surface area contributed by atoms with Gasteiger partial charge in [0.25, 0.3) is 0 Å². The molecule has 2 heterocycles. The summed E-state index contributed by atoms with van der Waals surface area (Å²) in [5, 5.41) is 3.39. The van der Waals surface area contributed by atoms with Crippen molar-refractivity contribution in [1.29, 1.82) is 0 Å². The van der Waals surface area contributed by atoms with Gasteiger partial charge in [0.2, 0.25) is 0 Å². The molecule has 3 N–H and O–H groups in total. The first-order chi connectivity index (χ1) is 8.69. The monoisotopic (exact) mass is 249 g/mol. The second kappa shape index (κ2) is 6.00. The van der Waals surface area contributed by atoms with E-state index in [2.05, 4.69) is 27.1 Å². The molecule has 5 nitrogen and oxygen atoms in total. The van der Waals surface area contributed by atoms with Gasteiger partial charge < -0.3 is 16.0 Å². The van der Waals surface area contributed by atoms with Crippen LogP contribution in [0.25, 0.3) is 0 Å². The summed E-state index contributed by atoms with van der Waals surface area (Å²) in [6, 6.07) is 2.39. The normalized spacial score (nSPS) is 16.9. The molecule has 0 radical (unpaired) electrons. The third-order valence-corrected chi connectivity index (χ3v) is 3.25. The average molecular weight is 249 g/mol. The van der Waals surface area contributed by atoms with Gasteiger partial charge in [0, 0.05) is 25.2 Å². The highest BCUT2D eigenvalue weighted by atomic mass is 15.2. The lowest BCUT2D eigenvalue weighted by Gasteiger charge is -2.19. The van der Waals surface area contributed by atoms with Gasteiger partial charge in [-0.3, -0.25) is 0 Å². The highest BCUT2D eigenvalue weighted by molar-refractivity contribution is 5.50. The van der Waals surface area contributed by atoms with Crippen LogP contribution in [0.5, 0.6) is 0 Å². The van der Waals surface area contributed by atoms with Crippen molar-refractivity contribution in [3.63, 3.8) is 0 Å². The maximum absolute atomic E-state index is 5.56. The number of nitrogens with zero attached hydrogens (tertiary/aromatic N) is 3. The molecular weight excluding hydrogens is 226 g/mol. The minimum Gasteiger partial charge on any atom is -0.367 e. The Morgan fingerprint density at radius 3 is 2.78 bits per heavy atom. The maximum atomic E-state index is 5.56. The molecular formula is C13H23N5. The van der Waals surface area contributed by atoms with Crippen LogP contribution in [0.1, 0.15) is 32.0 Å². The van der Waals surface area contributed by atoms with Crippen molar-refractivity contribution in [2.45, 2.75) is 39.2 Å². The highest BCUT2D eigenvalue weighted by Crippen LogP contribution is 2.20. The number of nitrogens with two attached hydrogens (primary N) is 1. The summed E-state index contributed by atoms with van der Waals surface area (Å²) >= 11 is 0. The van der Waals surface area contributed by atoms with Crippen LogP contribution in [0.2, 0.25) is 0 Å². The van der Waals surface area contributed by atoms with E-state index in [1.807, 2.05) is 13.0 Å². The topological polar surface area (TPSA) is 67.1 Å². The van der Waals surface area contributed by atoms with E-state index in [1.54, 1.807) is 0 Å². The standard InChI is InChI=1S/C13H23N5/c1-10(5-6-14)15-12-9-13(17-11(2)16-12)18-7-3-4-8-18/h9-10H,3-8,14H2,1-2H3,(H,15,16,17). The Hall–Kier alpha value is -1.36. The molecule has 2 rings (SSSR count). The Morgan fingerprint density at radius 2 is 2.11 bits per heavy atom. The zero-order valence-electron chi connectivity index (χ0n) is 11.3. The predicted octanol–water partition coefficient (Wildman–Crippen LogP) is 1.53. The van der Waals surface area contributed by atoms with Crippen LogP contribution in [-0.2, 0) is 0 Å². The summed E-state index contributed by atoms with van der Waals surface area (Å²) in [5.41, 5.74) is 5.56. The van der Waals surface area contributed by atoms with E-state index >= 15 is 0 Å². The van der Waals surface area contributed by atoms with E-state index in [1.165, 1.54) is 12.8 Å². The minimum atomic E-state index is 0.343. The zero-order valence-corrected chi connectivity index (χ0v) is 11.3. The number of rotatable bonds is 5. The lowest BCUT2D eigenvalue weighted by atomic mass is 10.2. The van der Waals surface area contributed by atoms with Crippen molar-refractivity contribution < 1.29 is 0 Å². The summed E-state index contributed by atoms with van der Waals surface area (Å²) in [5.74, 6) is 2.77. The predicted molar refractivity (Wildman–Crippen MR) is 75.0 cm³/mol. The van der Waals surface area contributed by atoms with Crippen molar-refractivity contribution in [3.8, 4) is 0 Å². The lowest BCUT2D eigenvalue weighted by Crippen LogP contribution is -2.22. The molecule has 1 aliphatic heterocycles. The van der Waals surface area contributed by atoms with Crippen LogP contribution in [0.3, 0.4) is 0 Å². The number of nitrogens with one attached hydrogen (secondary N) is 1. The molecule has 100 valence electrons. The number of aromatic nitrogens is 2. The molecule has 0 spiro atoms. The molecule has 0 aliphatic carbocycles. The van der Waals surface area contributed by atoms with E-state index in [9.17, 15) is 0 Å². The number of aryl methyl sites for hydroxylation is 1. The van der Waals surface area contributed by atoms with Gasteiger partial charge in [-0.05, 0) is 39.7 Å². The number of hydrogen-bond donors (Lipinski definition) is 2. The average Bonchev–Trinajstić information content (AvgIpc) is 2.81. The fourth-order valence-electron chi connectivity index (χ4n) is 2.31. The van der Waals surface area contributed by atoms with E-state index in [0.717, 1.165) is 37.0 Å². The molecule has 1 aliphatic rings. The molecule has 0 aromatic carbocycles. The van der Waals surface area contributed by atoms with Gasteiger partial charge in [0.05, 0.1) is 0 Å². The lowest BCUT2D eigenvalue weighted by molar-refractivity contribution is 0.712. The Kier molecular flexibility index (Phi) is 4.36. The van der Waals surface area contributed by atoms with E-state index in [4.69, 9.17) is 5.73 Å². The van der Waals surface area contributed by atoms with Crippen molar-refractivity contribution in [2.75, 3.05) is 29.9 Å². The van der Waals surface area contributed by atoms with Gasteiger partial charge in [-0.25, -0.2) is 9.97 Å². The fourth-order valence-corrected chi connectivity index (χ4v) is 2.31. The van der Waals surface area contributed by atoms with Crippen molar-refractivity contribution in [3.05, 3.63) is 11.9 Å². The van der Waals surface area contributed by atoms with Crippen molar-refractivity contribution >= 4 is 11.6 Å². The third kappa shape index (κ3) is 3.32. The first-order valence-electron chi connectivity index (χ1n) is 6.76. The second-order valence-electron chi connectivity index (χ2n) is 4.98. The van der Waals surface area contributed by atoms with Crippen LogP contribution in [0.4, 0.5) is 11.6 Å². The van der Waals surface area contributed by atoms with E-state index in [-0.39, 0.29) is 0 Å². The second-order valence-corrected chi connectivity index (χ2v) is 4.98. The Morgan fingerprint density at radius 1 is 1.39 bits per heavy atom. The Labute approximate surface area is 109 Å². The van der Waals surface area contributed by atoms with Gasteiger partial charge in [-0.1, -0.05) is 0 Å². The number of anilines is 2. The maximum Gasteiger partial charge on any atom is 0.134 e. The minimum absolute atomic E-state index is 0.343. The molecule has 0 saturated carbocycles. The van der Waals surface area contributed by atoms with Gasteiger partial charge in [0.1, 0.15) is 17.5 Å².